The van der Waals surface area contributed by atoms with Gasteiger partial charge in [-0.15, -0.1) is 0 Å². The molecule has 0 bridgehead atoms. The summed E-state index contributed by atoms with van der Waals surface area (Å²) in [5.41, 5.74) is 5.54. The molecule has 0 spiro atoms. The Labute approximate surface area is 230 Å². The van der Waals surface area contributed by atoms with Crippen LogP contribution in [0.15, 0.2) is 66.7 Å². The molecule has 0 saturated carbocycles. The number of hydrogen-bond acceptors (Lipinski definition) is 5. The standard InChI is InChI=1S/C32H36N2O5/c1-32(2,3)39-30(35)33-17-14-25-22-27-29(28(26(25)15-18-33)24-12-8-5-9-13-24)37-21-19-34(27)31(36)38-20-16-23-10-6-4-7-11-23/h4-13,22H,14-21H2,1-3H3. The van der Waals surface area contributed by atoms with Crippen molar-refractivity contribution in [1.29, 1.82) is 0 Å². The zero-order valence-corrected chi connectivity index (χ0v) is 22.9. The lowest BCUT2D eigenvalue weighted by atomic mass is 9.90. The van der Waals surface area contributed by atoms with Crippen molar-refractivity contribution in [1.82, 2.24) is 4.90 Å². The van der Waals surface area contributed by atoms with Crippen LogP contribution in [-0.2, 0) is 28.7 Å². The number of carbonyl (C=O) groups excluding carboxylic acids is 2. The van der Waals surface area contributed by atoms with E-state index in [1.165, 1.54) is 0 Å². The summed E-state index contributed by atoms with van der Waals surface area (Å²) in [4.78, 5) is 29.6. The Hall–Kier alpha value is -4.00. The summed E-state index contributed by atoms with van der Waals surface area (Å²) in [5, 5.41) is 0. The molecule has 0 unspecified atom stereocenters. The summed E-state index contributed by atoms with van der Waals surface area (Å²) in [6, 6.07) is 22.2. The van der Waals surface area contributed by atoms with Gasteiger partial charge in [0.2, 0.25) is 0 Å². The smallest absolute Gasteiger partial charge is 0.414 e. The van der Waals surface area contributed by atoms with Crippen LogP contribution in [0.1, 0.15) is 37.5 Å². The van der Waals surface area contributed by atoms with Crippen molar-refractivity contribution in [2.45, 2.75) is 45.6 Å². The molecule has 2 aliphatic heterocycles. The second kappa shape index (κ2) is 11.4. The van der Waals surface area contributed by atoms with Crippen molar-refractivity contribution in [2.75, 3.05) is 37.7 Å². The number of carbonyl (C=O) groups is 2. The third-order valence-corrected chi connectivity index (χ3v) is 6.99. The molecule has 3 aromatic carbocycles. The van der Waals surface area contributed by atoms with E-state index < -0.39 is 5.60 Å². The van der Waals surface area contributed by atoms with E-state index in [9.17, 15) is 9.59 Å². The monoisotopic (exact) mass is 528 g/mol. The SMILES string of the molecule is CC(C)(C)OC(=O)N1CCc2cc3c(c(-c4ccccc4)c2CC1)OCCN3C(=O)OCCc1ccccc1. The highest BCUT2D eigenvalue weighted by molar-refractivity contribution is 5.94. The number of nitrogens with zero attached hydrogens (tertiary/aromatic N) is 2. The quantitative estimate of drug-likeness (QED) is 0.399. The van der Waals surface area contributed by atoms with Gasteiger partial charge in [-0.25, -0.2) is 9.59 Å². The molecule has 0 aliphatic carbocycles. The third-order valence-electron chi connectivity index (χ3n) is 6.99. The molecule has 0 radical (unpaired) electrons. The minimum atomic E-state index is -0.556. The molecule has 204 valence electrons. The van der Waals surface area contributed by atoms with Crippen molar-refractivity contribution >= 4 is 17.9 Å². The lowest BCUT2D eigenvalue weighted by Gasteiger charge is -2.32. The van der Waals surface area contributed by atoms with Gasteiger partial charge in [0.25, 0.3) is 0 Å². The fraction of sp³-hybridized carbons (Fsp3) is 0.375. The van der Waals surface area contributed by atoms with Crippen LogP contribution in [0.4, 0.5) is 15.3 Å². The van der Waals surface area contributed by atoms with Gasteiger partial charge in [-0.3, -0.25) is 4.90 Å². The van der Waals surface area contributed by atoms with Crippen LogP contribution in [0, 0.1) is 0 Å². The molecule has 7 nitrogen and oxygen atoms in total. The summed E-state index contributed by atoms with van der Waals surface area (Å²) < 4.78 is 17.6. The summed E-state index contributed by atoms with van der Waals surface area (Å²) in [6.07, 6.45) is 1.29. The lowest BCUT2D eigenvalue weighted by molar-refractivity contribution is 0.0258. The molecule has 0 aromatic heterocycles. The molecule has 2 aliphatic rings. The average molecular weight is 529 g/mol. The topological polar surface area (TPSA) is 68.3 Å². The van der Waals surface area contributed by atoms with Crippen molar-refractivity contribution < 1.29 is 23.8 Å². The van der Waals surface area contributed by atoms with E-state index in [1.807, 2.05) is 75.4 Å². The number of amides is 2. The first-order valence-electron chi connectivity index (χ1n) is 13.6. The summed E-state index contributed by atoms with van der Waals surface area (Å²) >= 11 is 0. The van der Waals surface area contributed by atoms with Crippen LogP contribution >= 0.6 is 0 Å². The number of anilines is 1. The minimum Gasteiger partial charge on any atom is -0.489 e. The van der Waals surface area contributed by atoms with Gasteiger partial charge < -0.3 is 19.1 Å². The molecular weight excluding hydrogens is 492 g/mol. The van der Waals surface area contributed by atoms with Gasteiger partial charge in [0, 0.05) is 25.1 Å². The van der Waals surface area contributed by atoms with Gasteiger partial charge in [0.1, 0.15) is 12.2 Å². The van der Waals surface area contributed by atoms with E-state index in [0.717, 1.165) is 27.8 Å². The largest absolute Gasteiger partial charge is 0.489 e. The highest BCUT2D eigenvalue weighted by Crippen LogP contribution is 2.46. The van der Waals surface area contributed by atoms with Crippen molar-refractivity contribution in [3.05, 3.63) is 83.4 Å². The van der Waals surface area contributed by atoms with Gasteiger partial charge in [0.05, 0.1) is 18.8 Å². The van der Waals surface area contributed by atoms with Crippen molar-refractivity contribution in [2.24, 2.45) is 0 Å². The minimum absolute atomic E-state index is 0.302. The Morgan fingerprint density at radius 2 is 1.59 bits per heavy atom. The Kier molecular flexibility index (Phi) is 7.77. The predicted octanol–water partition coefficient (Wildman–Crippen LogP) is 6.27. The third kappa shape index (κ3) is 6.19. The number of hydrogen-bond donors (Lipinski definition) is 0. The number of fused-ring (bicyclic) bond motifs is 2. The Morgan fingerprint density at radius 1 is 0.897 bits per heavy atom. The maximum Gasteiger partial charge on any atom is 0.414 e. The molecule has 7 heteroatoms. The van der Waals surface area contributed by atoms with Crippen LogP contribution in [0.3, 0.4) is 0 Å². The van der Waals surface area contributed by atoms with Gasteiger partial charge in [-0.2, -0.15) is 0 Å². The number of ether oxygens (including phenoxy) is 3. The molecule has 2 heterocycles. The highest BCUT2D eigenvalue weighted by atomic mass is 16.6. The summed E-state index contributed by atoms with van der Waals surface area (Å²) in [6.45, 7) is 7.81. The van der Waals surface area contributed by atoms with Gasteiger partial charge >= 0.3 is 12.2 Å². The van der Waals surface area contributed by atoms with Crippen LogP contribution in [-0.4, -0.2) is 55.5 Å². The molecule has 3 aromatic rings. The lowest BCUT2D eigenvalue weighted by Crippen LogP contribution is -2.39. The molecule has 0 saturated heterocycles. The van der Waals surface area contributed by atoms with E-state index in [2.05, 4.69) is 12.1 Å². The molecule has 2 amide bonds. The van der Waals surface area contributed by atoms with Gasteiger partial charge in [0.15, 0.2) is 5.75 Å². The average Bonchev–Trinajstić information content (AvgIpc) is 3.14. The van der Waals surface area contributed by atoms with E-state index in [4.69, 9.17) is 14.2 Å². The molecule has 0 atom stereocenters. The van der Waals surface area contributed by atoms with Crippen molar-refractivity contribution in [3.8, 4) is 16.9 Å². The van der Waals surface area contributed by atoms with Crippen LogP contribution in [0.2, 0.25) is 0 Å². The molecule has 39 heavy (non-hydrogen) atoms. The van der Waals surface area contributed by atoms with Crippen LogP contribution in [0.5, 0.6) is 5.75 Å². The van der Waals surface area contributed by atoms with E-state index in [-0.39, 0.29) is 12.2 Å². The number of benzene rings is 3. The van der Waals surface area contributed by atoms with Crippen LogP contribution < -0.4 is 9.64 Å². The Bertz CT molecular complexity index is 1320. The summed E-state index contributed by atoms with van der Waals surface area (Å²) in [5.74, 6) is 0.692. The first-order chi connectivity index (χ1) is 18.8. The van der Waals surface area contributed by atoms with Gasteiger partial charge in [-0.1, -0.05) is 60.7 Å². The normalized spacial score (nSPS) is 14.9. The first kappa shape index (κ1) is 26.6. The number of rotatable bonds is 4. The molecule has 0 N–H and O–H groups in total. The van der Waals surface area contributed by atoms with E-state index >= 15 is 0 Å². The molecule has 5 rings (SSSR count). The van der Waals surface area contributed by atoms with E-state index in [0.29, 0.717) is 63.5 Å². The summed E-state index contributed by atoms with van der Waals surface area (Å²) in [7, 11) is 0. The highest BCUT2D eigenvalue weighted by Gasteiger charge is 2.32. The first-order valence-corrected chi connectivity index (χ1v) is 13.6. The van der Waals surface area contributed by atoms with Gasteiger partial charge in [-0.05, 0) is 61.9 Å². The second-order valence-corrected chi connectivity index (χ2v) is 10.9. The van der Waals surface area contributed by atoms with Crippen molar-refractivity contribution in [3.63, 3.8) is 0 Å². The maximum atomic E-state index is 13.3. The maximum absolute atomic E-state index is 13.3. The predicted molar refractivity (Wildman–Crippen MR) is 151 cm³/mol. The molecular formula is C32H36N2O5. The fourth-order valence-corrected chi connectivity index (χ4v) is 5.16. The Morgan fingerprint density at radius 3 is 2.31 bits per heavy atom. The Balaban J connectivity index is 1.45. The van der Waals surface area contributed by atoms with E-state index in [1.54, 1.807) is 9.80 Å². The fourth-order valence-electron chi connectivity index (χ4n) is 5.16. The zero-order chi connectivity index (χ0) is 27.4. The second-order valence-electron chi connectivity index (χ2n) is 10.9. The molecule has 0 fully saturated rings. The zero-order valence-electron chi connectivity index (χ0n) is 22.9. The van der Waals surface area contributed by atoms with Crippen LogP contribution in [0.25, 0.3) is 11.1 Å².